The van der Waals surface area contributed by atoms with Gasteiger partial charge in [-0.1, -0.05) is 11.6 Å². The van der Waals surface area contributed by atoms with Gasteiger partial charge in [0, 0.05) is 35.4 Å². The van der Waals surface area contributed by atoms with E-state index in [1.807, 2.05) is 18.3 Å². The van der Waals surface area contributed by atoms with Gasteiger partial charge < -0.3 is 9.72 Å². The molecule has 17 heavy (non-hydrogen) atoms. The van der Waals surface area contributed by atoms with Gasteiger partial charge in [0.25, 0.3) is 0 Å². The summed E-state index contributed by atoms with van der Waals surface area (Å²) < 4.78 is 2.12. The fourth-order valence-electron chi connectivity index (χ4n) is 2.63. The fourth-order valence-corrected chi connectivity index (χ4v) is 2.79. The third-order valence-corrected chi connectivity index (χ3v) is 3.78. The van der Waals surface area contributed by atoms with E-state index in [1.165, 1.54) is 24.2 Å². The number of imidazole rings is 1. The number of piperidine rings is 1. The average Bonchev–Trinajstić information content (AvgIpc) is 2.67. The number of rotatable bonds is 1. The highest BCUT2D eigenvalue weighted by Gasteiger charge is 2.20. The minimum absolute atomic E-state index is 0.544. The lowest BCUT2D eigenvalue weighted by Crippen LogP contribution is -2.28. The normalized spacial score (nSPS) is 20.9. The summed E-state index contributed by atoms with van der Waals surface area (Å²) in [5.74, 6) is 0.544. The predicted molar refractivity (Wildman–Crippen MR) is 69.8 cm³/mol. The summed E-state index contributed by atoms with van der Waals surface area (Å²) in [7, 11) is 0. The van der Waals surface area contributed by atoms with Gasteiger partial charge in [-0.3, -0.25) is 0 Å². The molecular weight excluding hydrogens is 234 g/mol. The Balaban J connectivity index is 2.07. The van der Waals surface area contributed by atoms with Crippen LogP contribution >= 0.6 is 11.6 Å². The number of pyridine rings is 1. The maximum atomic E-state index is 6.00. The molecule has 1 aliphatic rings. The van der Waals surface area contributed by atoms with Crippen LogP contribution in [0.5, 0.6) is 0 Å². The number of hydrogen-bond donors (Lipinski definition) is 1. The van der Waals surface area contributed by atoms with E-state index in [-0.39, 0.29) is 0 Å². The summed E-state index contributed by atoms with van der Waals surface area (Å²) in [5.41, 5.74) is 3.42. The molecule has 1 atom stereocenters. The van der Waals surface area contributed by atoms with E-state index in [0.717, 1.165) is 23.8 Å². The Morgan fingerprint density at radius 2 is 2.41 bits per heavy atom. The van der Waals surface area contributed by atoms with Crippen LogP contribution in [-0.4, -0.2) is 22.5 Å². The minimum Gasteiger partial charge on any atom is -0.316 e. The molecule has 0 amide bonds. The summed E-state index contributed by atoms with van der Waals surface area (Å²) >= 11 is 6.00. The van der Waals surface area contributed by atoms with Crippen molar-refractivity contribution < 1.29 is 0 Å². The average molecular weight is 250 g/mol. The number of nitrogens with zero attached hydrogens (tertiary/aromatic N) is 2. The van der Waals surface area contributed by atoms with E-state index in [1.54, 1.807) is 0 Å². The van der Waals surface area contributed by atoms with Crippen LogP contribution in [-0.2, 0) is 0 Å². The van der Waals surface area contributed by atoms with Crippen molar-refractivity contribution in [2.24, 2.45) is 0 Å². The smallest absolute Gasteiger partial charge is 0.138 e. The summed E-state index contributed by atoms with van der Waals surface area (Å²) in [6.45, 7) is 4.31. The van der Waals surface area contributed by atoms with Crippen LogP contribution in [0.1, 0.15) is 30.1 Å². The number of nitrogens with one attached hydrogen (secondary N) is 1. The maximum Gasteiger partial charge on any atom is 0.138 e. The fraction of sp³-hybridized carbons (Fsp3) is 0.462. The topological polar surface area (TPSA) is 29.3 Å². The SMILES string of the molecule is Cc1c(C2CCCNC2)nc2cc(Cl)ccn12. The second-order valence-corrected chi connectivity index (χ2v) is 5.14. The first-order chi connectivity index (χ1) is 8.25. The van der Waals surface area contributed by atoms with Gasteiger partial charge in [0.2, 0.25) is 0 Å². The molecule has 0 spiro atoms. The molecule has 1 saturated heterocycles. The highest BCUT2D eigenvalue weighted by molar-refractivity contribution is 6.30. The van der Waals surface area contributed by atoms with Crippen molar-refractivity contribution in [3.05, 3.63) is 34.7 Å². The number of fused-ring (bicyclic) bond motifs is 1. The van der Waals surface area contributed by atoms with Gasteiger partial charge >= 0.3 is 0 Å². The Morgan fingerprint density at radius 1 is 1.53 bits per heavy atom. The third-order valence-electron chi connectivity index (χ3n) is 3.55. The van der Waals surface area contributed by atoms with Crippen molar-refractivity contribution in [2.45, 2.75) is 25.7 Å². The van der Waals surface area contributed by atoms with Crippen LogP contribution in [0.2, 0.25) is 5.02 Å². The minimum atomic E-state index is 0.544. The first-order valence-electron chi connectivity index (χ1n) is 6.10. The van der Waals surface area contributed by atoms with Gasteiger partial charge in [0.15, 0.2) is 0 Å². The lowest BCUT2D eigenvalue weighted by Gasteiger charge is -2.21. The van der Waals surface area contributed by atoms with E-state index in [2.05, 4.69) is 16.6 Å². The molecule has 0 bridgehead atoms. The zero-order chi connectivity index (χ0) is 11.8. The predicted octanol–water partition coefficient (Wildman–Crippen LogP) is 2.76. The zero-order valence-corrected chi connectivity index (χ0v) is 10.7. The van der Waals surface area contributed by atoms with Gasteiger partial charge in [-0.05, 0) is 32.4 Å². The lowest BCUT2D eigenvalue weighted by atomic mass is 9.95. The Hall–Kier alpha value is -1.06. The van der Waals surface area contributed by atoms with Crippen LogP contribution in [0.4, 0.5) is 0 Å². The van der Waals surface area contributed by atoms with Gasteiger partial charge in [0.1, 0.15) is 5.65 Å². The molecule has 0 aromatic carbocycles. The molecule has 1 aliphatic heterocycles. The molecule has 3 nitrogen and oxygen atoms in total. The summed E-state index contributed by atoms with van der Waals surface area (Å²) in [6, 6.07) is 3.83. The molecule has 0 aliphatic carbocycles. The maximum absolute atomic E-state index is 6.00. The van der Waals surface area contributed by atoms with Gasteiger partial charge in [0.05, 0.1) is 5.69 Å². The van der Waals surface area contributed by atoms with Crippen LogP contribution in [0.15, 0.2) is 18.3 Å². The second kappa shape index (κ2) is 4.31. The molecule has 1 fully saturated rings. The molecule has 2 aromatic rings. The second-order valence-electron chi connectivity index (χ2n) is 4.70. The first kappa shape index (κ1) is 11.1. The lowest BCUT2D eigenvalue weighted by molar-refractivity contribution is 0.454. The van der Waals surface area contributed by atoms with Crippen molar-refractivity contribution >= 4 is 17.2 Å². The molecule has 0 radical (unpaired) electrons. The Kier molecular flexibility index (Phi) is 2.81. The monoisotopic (exact) mass is 249 g/mol. The van der Waals surface area contributed by atoms with E-state index in [4.69, 9.17) is 16.6 Å². The van der Waals surface area contributed by atoms with Crippen LogP contribution in [0.25, 0.3) is 5.65 Å². The van der Waals surface area contributed by atoms with Crippen molar-refractivity contribution in [3.8, 4) is 0 Å². The van der Waals surface area contributed by atoms with E-state index in [9.17, 15) is 0 Å². The molecule has 1 unspecified atom stereocenters. The standard InChI is InChI=1S/C13H16ClN3/c1-9-13(10-3-2-5-15-8-10)16-12-7-11(14)4-6-17(9)12/h4,6-7,10,15H,2-3,5,8H2,1H3. The molecular formula is C13H16ClN3. The summed E-state index contributed by atoms with van der Waals surface area (Å²) in [4.78, 5) is 4.74. The zero-order valence-electron chi connectivity index (χ0n) is 9.91. The number of hydrogen-bond acceptors (Lipinski definition) is 2. The number of aryl methyl sites for hydroxylation is 1. The highest BCUT2D eigenvalue weighted by Crippen LogP contribution is 2.26. The Labute approximate surface area is 106 Å². The van der Waals surface area contributed by atoms with Gasteiger partial charge in [-0.25, -0.2) is 4.98 Å². The molecule has 1 N–H and O–H groups in total. The van der Waals surface area contributed by atoms with Crippen LogP contribution in [0.3, 0.4) is 0 Å². The first-order valence-corrected chi connectivity index (χ1v) is 6.48. The van der Waals surface area contributed by atoms with E-state index >= 15 is 0 Å². The van der Waals surface area contributed by atoms with E-state index in [0.29, 0.717) is 5.92 Å². The molecule has 4 heteroatoms. The van der Waals surface area contributed by atoms with Crippen LogP contribution in [0, 0.1) is 6.92 Å². The molecule has 2 aromatic heterocycles. The van der Waals surface area contributed by atoms with Crippen LogP contribution < -0.4 is 5.32 Å². The van der Waals surface area contributed by atoms with Crippen molar-refractivity contribution in [1.29, 1.82) is 0 Å². The molecule has 3 heterocycles. The Bertz CT molecular complexity index is 541. The Morgan fingerprint density at radius 3 is 3.18 bits per heavy atom. The number of halogens is 1. The largest absolute Gasteiger partial charge is 0.316 e. The highest BCUT2D eigenvalue weighted by atomic mass is 35.5. The third kappa shape index (κ3) is 1.94. The quantitative estimate of drug-likeness (QED) is 0.842. The van der Waals surface area contributed by atoms with Crippen molar-refractivity contribution in [2.75, 3.05) is 13.1 Å². The van der Waals surface area contributed by atoms with Crippen molar-refractivity contribution in [3.63, 3.8) is 0 Å². The summed E-state index contributed by atoms with van der Waals surface area (Å²) in [6.07, 6.45) is 4.46. The molecule has 90 valence electrons. The number of aromatic nitrogens is 2. The molecule has 0 saturated carbocycles. The van der Waals surface area contributed by atoms with Gasteiger partial charge in [-0.15, -0.1) is 0 Å². The van der Waals surface area contributed by atoms with Crippen molar-refractivity contribution in [1.82, 2.24) is 14.7 Å². The molecule has 3 rings (SSSR count). The van der Waals surface area contributed by atoms with E-state index < -0.39 is 0 Å². The van der Waals surface area contributed by atoms with Gasteiger partial charge in [-0.2, -0.15) is 0 Å². The summed E-state index contributed by atoms with van der Waals surface area (Å²) in [5, 5.41) is 4.19.